The second kappa shape index (κ2) is 8.38. The van der Waals surface area contributed by atoms with E-state index in [0.717, 1.165) is 30.0 Å². The molecule has 0 aliphatic carbocycles. The van der Waals surface area contributed by atoms with E-state index in [0.29, 0.717) is 5.69 Å². The molecule has 0 spiro atoms. The van der Waals surface area contributed by atoms with Gasteiger partial charge in [0.1, 0.15) is 0 Å². The predicted molar refractivity (Wildman–Crippen MR) is 105 cm³/mol. The van der Waals surface area contributed by atoms with Crippen molar-refractivity contribution in [3.8, 4) is 0 Å². The monoisotopic (exact) mass is 352 g/mol. The minimum absolute atomic E-state index is 0.0913. The van der Waals surface area contributed by atoms with E-state index in [1.807, 2.05) is 49.4 Å². The number of hydrogen-bond acceptors (Lipinski definition) is 3. The van der Waals surface area contributed by atoms with Crippen LogP contribution in [0, 0.1) is 6.92 Å². The molecule has 0 atom stereocenters. The van der Waals surface area contributed by atoms with Gasteiger partial charge in [-0.3, -0.25) is 4.79 Å². The van der Waals surface area contributed by atoms with Gasteiger partial charge in [0.2, 0.25) is 5.91 Å². The van der Waals surface area contributed by atoms with Gasteiger partial charge in [0, 0.05) is 18.8 Å². The summed E-state index contributed by atoms with van der Waals surface area (Å²) in [6.07, 6.45) is 2.34. The fourth-order valence-corrected chi connectivity index (χ4v) is 3.07. The quantitative estimate of drug-likeness (QED) is 0.772. The number of anilines is 3. The Balaban J connectivity index is 1.52. The summed E-state index contributed by atoms with van der Waals surface area (Å²) in [6.45, 7) is 3.87. The summed E-state index contributed by atoms with van der Waals surface area (Å²) in [5.41, 5.74) is 3.56. The van der Waals surface area contributed by atoms with Gasteiger partial charge in [-0.25, -0.2) is 4.79 Å². The van der Waals surface area contributed by atoms with Crippen LogP contribution in [0.3, 0.4) is 0 Å². The summed E-state index contributed by atoms with van der Waals surface area (Å²) in [7, 11) is 0. The lowest BCUT2D eigenvalue weighted by Crippen LogP contribution is -2.36. The van der Waals surface area contributed by atoms with Crippen LogP contribution in [0.1, 0.15) is 18.4 Å². The fourth-order valence-electron chi connectivity index (χ4n) is 3.07. The minimum Gasteiger partial charge on any atom is -0.370 e. The molecule has 1 fully saturated rings. The molecule has 3 rings (SSSR count). The number of nitrogens with zero attached hydrogens (tertiary/aromatic N) is 1. The zero-order valence-corrected chi connectivity index (χ0v) is 14.9. The van der Waals surface area contributed by atoms with Gasteiger partial charge >= 0.3 is 6.03 Å². The second-order valence-electron chi connectivity index (χ2n) is 6.44. The zero-order valence-electron chi connectivity index (χ0n) is 14.9. The molecule has 3 amide bonds. The minimum atomic E-state index is -0.404. The molecule has 1 aliphatic rings. The molecule has 0 aromatic heterocycles. The number of benzene rings is 2. The van der Waals surface area contributed by atoms with Gasteiger partial charge in [0.15, 0.2) is 0 Å². The van der Waals surface area contributed by atoms with Crippen LogP contribution in [0.2, 0.25) is 0 Å². The third kappa shape index (κ3) is 4.75. The average molecular weight is 352 g/mol. The Morgan fingerprint density at radius 3 is 2.54 bits per heavy atom. The molecule has 0 unspecified atom stereocenters. The number of carbonyl (C=O) groups is 2. The normalized spacial score (nSPS) is 13.3. The maximum absolute atomic E-state index is 12.2. The Labute approximate surface area is 153 Å². The molecule has 1 saturated heterocycles. The first-order valence-corrected chi connectivity index (χ1v) is 8.87. The first-order chi connectivity index (χ1) is 12.6. The van der Waals surface area contributed by atoms with E-state index in [-0.39, 0.29) is 12.5 Å². The second-order valence-corrected chi connectivity index (χ2v) is 6.44. The number of hydrogen-bond donors (Lipinski definition) is 3. The van der Waals surface area contributed by atoms with Crippen molar-refractivity contribution in [3.05, 3.63) is 54.1 Å². The number of carbonyl (C=O) groups excluding carboxylic acids is 2. The predicted octanol–water partition coefficient (Wildman–Crippen LogP) is 3.36. The van der Waals surface area contributed by atoms with Crippen molar-refractivity contribution >= 4 is 29.0 Å². The maximum atomic E-state index is 12.2. The van der Waals surface area contributed by atoms with Gasteiger partial charge in [0.05, 0.1) is 17.9 Å². The molecule has 6 nitrogen and oxygen atoms in total. The van der Waals surface area contributed by atoms with E-state index in [1.165, 1.54) is 12.8 Å². The summed E-state index contributed by atoms with van der Waals surface area (Å²) < 4.78 is 0. The molecule has 0 radical (unpaired) electrons. The summed E-state index contributed by atoms with van der Waals surface area (Å²) in [6, 6.07) is 14.9. The van der Waals surface area contributed by atoms with Crippen LogP contribution in [0.5, 0.6) is 0 Å². The van der Waals surface area contributed by atoms with Crippen molar-refractivity contribution < 1.29 is 9.59 Å². The van der Waals surface area contributed by atoms with Crippen LogP contribution in [-0.2, 0) is 4.79 Å². The lowest BCUT2D eigenvalue weighted by Gasteiger charge is -2.21. The lowest BCUT2D eigenvalue weighted by molar-refractivity contribution is -0.115. The molecule has 2 aromatic rings. The van der Waals surface area contributed by atoms with Gasteiger partial charge in [-0.15, -0.1) is 0 Å². The number of para-hydroxylation sites is 2. The highest BCUT2D eigenvalue weighted by atomic mass is 16.2. The molecule has 136 valence electrons. The first-order valence-electron chi connectivity index (χ1n) is 8.87. The standard InChI is InChI=1S/C20H24N4O2/c1-15-7-6-8-16(13-15)22-20(26)21-14-19(25)23-17-9-2-3-10-18(17)24-11-4-5-12-24/h2-3,6-10,13H,4-5,11-12,14H2,1H3,(H,23,25)(H2,21,22,26). The van der Waals surface area contributed by atoms with E-state index < -0.39 is 6.03 Å². The van der Waals surface area contributed by atoms with Crippen molar-refractivity contribution in [1.82, 2.24) is 5.32 Å². The smallest absolute Gasteiger partial charge is 0.319 e. The number of amides is 3. The average Bonchev–Trinajstić information content (AvgIpc) is 3.15. The van der Waals surface area contributed by atoms with Gasteiger partial charge in [0.25, 0.3) is 0 Å². The van der Waals surface area contributed by atoms with Crippen molar-refractivity contribution in [2.45, 2.75) is 19.8 Å². The summed E-state index contributed by atoms with van der Waals surface area (Å²) in [5.74, 6) is -0.254. The fraction of sp³-hybridized carbons (Fsp3) is 0.300. The molecule has 1 heterocycles. The molecule has 26 heavy (non-hydrogen) atoms. The van der Waals surface area contributed by atoms with Crippen LogP contribution < -0.4 is 20.9 Å². The van der Waals surface area contributed by atoms with Crippen molar-refractivity contribution in [1.29, 1.82) is 0 Å². The van der Waals surface area contributed by atoms with Gasteiger partial charge in [-0.1, -0.05) is 24.3 Å². The van der Waals surface area contributed by atoms with Gasteiger partial charge in [-0.05, 0) is 49.6 Å². The Bertz CT molecular complexity index is 785. The van der Waals surface area contributed by atoms with E-state index in [1.54, 1.807) is 6.07 Å². The number of rotatable bonds is 5. The Morgan fingerprint density at radius 1 is 1.00 bits per heavy atom. The van der Waals surface area contributed by atoms with Crippen LogP contribution in [0.15, 0.2) is 48.5 Å². The Morgan fingerprint density at radius 2 is 1.77 bits per heavy atom. The van der Waals surface area contributed by atoms with Gasteiger partial charge in [-0.2, -0.15) is 0 Å². The molecular formula is C20H24N4O2. The number of aryl methyl sites for hydroxylation is 1. The van der Waals surface area contributed by atoms with Gasteiger partial charge < -0.3 is 20.9 Å². The highest BCUT2D eigenvalue weighted by Gasteiger charge is 2.16. The van der Waals surface area contributed by atoms with Crippen molar-refractivity contribution in [3.63, 3.8) is 0 Å². The Hall–Kier alpha value is -3.02. The molecule has 6 heteroatoms. The SMILES string of the molecule is Cc1cccc(NC(=O)NCC(=O)Nc2ccccc2N2CCCC2)c1. The highest BCUT2D eigenvalue weighted by Crippen LogP contribution is 2.28. The molecule has 0 bridgehead atoms. The van der Waals surface area contributed by atoms with Crippen LogP contribution >= 0.6 is 0 Å². The molecule has 0 saturated carbocycles. The zero-order chi connectivity index (χ0) is 18.4. The number of nitrogens with one attached hydrogen (secondary N) is 3. The Kier molecular flexibility index (Phi) is 5.73. The summed E-state index contributed by atoms with van der Waals surface area (Å²) in [5, 5.41) is 8.20. The van der Waals surface area contributed by atoms with Crippen LogP contribution in [0.4, 0.5) is 21.9 Å². The van der Waals surface area contributed by atoms with E-state index in [4.69, 9.17) is 0 Å². The molecule has 2 aromatic carbocycles. The van der Waals surface area contributed by atoms with Crippen molar-refractivity contribution in [2.75, 3.05) is 35.2 Å². The van der Waals surface area contributed by atoms with E-state index in [2.05, 4.69) is 20.9 Å². The molecular weight excluding hydrogens is 328 g/mol. The topological polar surface area (TPSA) is 73.5 Å². The molecule has 1 aliphatic heterocycles. The van der Waals surface area contributed by atoms with E-state index in [9.17, 15) is 9.59 Å². The highest BCUT2D eigenvalue weighted by molar-refractivity contribution is 5.98. The van der Waals surface area contributed by atoms with Crippen molar-refractivity contribution in [2.24, 2.45) is 0 Å². The third-order valence-electron chi connectivity index (χ3n) is 4.31. The summed E-state index contributed by atoms with van der Waals surface area (Å²) in [4.78, 5) is 26.4. The lowest BCUT2D eigenvalue weighted by atomic mass is 10.2. The number of urea groups is 1. The maximum Gasteiger partial charge on any atom is 0.319 e. The first kappa shape index (κ1) is 17.8. The van der Waals surface area contributed by atoms with E-state index >= 15 is 0 Å². The van der Waals surface area contributed by atoms with Crippen LogP contribution in [-0.4, -0.2) is 31.6 Å². The summed E-state index contributed by atoms with van der Waals surface area (Å²) >= 11 is 0. The molecule has 3 N–H and O–H groups in total. The third-order valence-corrected chi connectivity index (χ3v) is 4.31. The largest absolute Gasteiger partial charge is 0.370 e. The van der Waals surface area contributed by atoms with Crippen LogP contribution in [0.25, 0.3) is 0 Å².